The van der Waals surface area contributed by atoms with Gasteiger partial charge >= 0.3 is 12.1 Å². The highest BCUT2D eigenvalue weighted by molar-refractivity contribution is 7.99. The van der Waals surface area contributed by atoms with Crippen LogP contribution in [0.1, 0.15) is 46.5 Å². The molecule has 0 bridgehead atoms. The first-order valence-electron chi connectivity index (χ1n) is 15.1. The maximum Gasteiger partial charge on any atom is 0.408 e. The number of aliphatic carboxylic acids is 1. The zero-order valence-corrected chi connectivity index (χ0v) is 26.7. The molecule has 2 aliphatic heterocycles. The number of carbonyl (C=O) groups excluding carboxylic acids is 3. The molecule has 5 unspecified atom stereocenters. The molecule has 1 aliphatic carbocycles. The standard InChI is InChI=1S/C32H40N4O8S/c1-31(2,3)44-30(41)34-24-18-45-13-7-5-6-8-20-16-32(20,29(39)40)35-26(37)25-15-22(17-36(25)28(24)38)43-27-23-10-9-21(42-4)14-19(23)11-12-33-27/h6,8-12,14,20,22,24-25H,5,7,13,15-18H2,1-4H3,(H,34,41)(H,35,37)(H,39,40). The molecule has 5 atom stereocenters. The van der Waals surface area contributed by atoms with Crippen molar-refractivity contribution in [2.75, 3.05) is 25.2 Å². The number of methoxy groups -OCH3 is 1. The number of ether oxygens (including phenoxy) is 3. The van der Waals surface area contributed by atoms with Crippen LogP contribution in [0.25, 0.3) is 10.8 Å². The number of carbonyl (C=O) groups is 4. The lowest BCUT2D eigenvalue weighted by atomic mass is 10.1. The minimum absolute atomic E-state index is 0.0334. The van der Waals surface area contributed by atoms with Gasteiger partial charge in [-0.15, -0.1) is 0 Å². The van der Waals surface area contributed by atoms with E-state index in [0.717, 1.165) is 29.4 Å². The van der Waals surface area contributed by atoms with Crippen LogP contribution in [0.4, 0.5) is 4.79 Å². The molecule has 1 aromatic carbocycles. The Morgan fingerprint density at radius 3 is 2.76 bits per heavy atom. The van der Waals surface area contributed by atoms with Crippen molar-refractivity contribution in [3.8, 4) is 11.6 Å². The van der Waals surface area contributed by atoms with Gasteiger partial charge in [-0.1, -0.05) is 12.2 Å². The minimum atomic E-state index is -1.43. The zero-order chi connectivity index (χ0) is 32.4. The highest BCUT2D eigenvalue weighted by Crippen LogP contribution is 2.45. The predicted molar refractivity (Wildman–Crippen MR) is 168 cm³/mol. The van der Waals surface area contributed by atoms with E-state index in [4.69, 9.17) is 14.2 Å². The Morgan fingerprint density at radius 2 is 2.02 bits per heavy atom. The van der Waals surface area contributed by atoms with Crippen molar-refractivity contribution >= 4 is 46.4 Å². The van der Waals surface area contributed by atoms with Crippen LogP contribution in [-0.2, 0) is 19.1 Å². The molecule has 0 spiro atoms. The first kappa shape index (κ1) is 32.4. The van der Waals surface area contributed by atoms with E-state index in [1.165, 1.54) is 16.7 Å². The van der Waals surface area contributed by atoms with Gasteiger partial charge in [-0.3, -0.25) is 9.59 Å². The van der Waals surface area contributed by atoms with Crippen molar-refractivity contribution in [3.05, 3.63) is 42.6 Å². The summed E-state index contributed by atoms with van der Waals surface area (Å²) in [6.45, 7) is 5.23. The van der Waals surface area contributed by atoms with E-state index in [-0.39, 0.29) is 31.1 Å². The van der Waals surface area contributed by atoms with Gasteiger partial charge in [-0.05, 0) is 75.4 Å². The summed E-state index contributed by atoms with van der Waals surface area (Å²) in [6, 6.07) is 5.30. The monoisotopic (exact) mass is 640 g/mol. The molecular weight excluding hydrogens is 600 g/mol. The number of rotatable bonds is 5. The number of nitrogens with zero attached hydrogens (tertiary/aromatic N) is 2. The summed E-state index contributed by atoms with van der Waals surface area (Å²) in [4.78, 5) is 58.9. The SMILES string of the molecule is COc1ccc2c(OC3CC4C(=O)NC5(C(=O)O)CC5C=CCCCSCC(NC(=O)OC(C)(C)C)C(=O)N4C3)nccc2c1. The summed E-state index contributed by atoms with van der Waals surface area (Å²) in [6.07, 6.45) is 5.95. The second-order valence-electron chi connectivity index (χ2n) is 12.6. The van der Waals surface area contributed by atoms with E-state index in [1.54, 1.807) is 40.1 Å². The molecular formula is C32H40N4O8S. The van der Waals surface area contributed by atoms with Gasteiger partial charge in [0.1, 0.15) is 35.1 Å². The van der Waals surface area contributed by atoms with E-state index >= 15 is 0 Å². The maximum absolute atomic E-state index is 14.1. The van der Waals surface area contributed by atoms with Crippen LogP contribution in [0, 0.1) is 5.92 Å². The van der Waals surface area contributed by atoms with Gasteiger partial charge in [0, 0.05) is 29.7 Å². The highest BCUT2D eigenvalue weighted by Gasteiger charge is 2.61. The molecule has 3 amide bonds. The van der Waals surface area contributed by atoms with Gasteiger partial charge in [0.15, 0.2) is 0 Å². The largest absolute Gasteiger partial charge is 0.497 e. The number of hydrogen-bond acceptors (Lipinski definition) is 9. The molecule has 1 aromatic heterocycles. The Hall–Kier alpha value is -4.00. The predicted octanol–water partition coefficient (Wildman–Crippen LogP) is 3.53. The lowest BCUT2D eigenvalue weighted by Gasteiger charge is -2.30. The van der Waals surface area contributed by atoms with E-state index in [0.29, 0.717) is 11.6 Å². The second kappa shape index (κ2) is 13.2. The van der Waals surface area contributed by atoms with Crippen molar-refractivity contribution in [1.29, 1.82) is 0 Å². The van der Waals surface area contributed by atoms with E-state index in [1.807, 2.05) is 30.4 Å². The normalized spacial score (nSPS) is 27.3. The van der Waals surface area contributed by atoms with E-state index < -0.39 is 53.2 Å². The first-order chi connectivity index (χ1) is 21.4. The molecule has 242 valence electrons. The molecule has 1 saturated heterocycles. The lowest BCUT2D eigenvalue weighted by Crippen LogP contribution is -2.57. The van der Waals surface area contributed by atoms with Gasteiger partial charge in [-0.2, -0.15) is 11.8 Å². The number of hydrogen-bond donors (Lipinski definition) is 3. The van der Waals surface area contributed by atoms with Crippen LogP contribution >= 0.6 is 11.8 Å². The summed E-state index contributed by atoms with van der Waals surface area (Å²) in [5.74, 6) is -0.502. The molecule has 45 heavy (non-hydrogen) atoms. The fourth-order valence-electron chi connectivity index (χ4n) is 5.74. The first-order valence-corrected chi connectivity index (χ1v) is 16.2. The summed E-state index contributed by atoms with van der Waals surface area (Å²) in [5.41, 5.74) is -2.20. The number of nitrogens with one attached hydrogen (secondary N) is 2. The van der Waals surface area contributed by atoms with Gasteiger partial charge in [-0.25, -0.2) is 14.6 Å². The number of amides is 3. The smallest absolute Gasteiger partial charge is 0.408 e. The van der Waals surface area contributed by atoms with Gasteiger partial charge in [0.25, 0.3) is 0 Å². The van der Waals surface area contributed by atoms with E-state index in [9.17, 15) is 24.3 Å². The average Bonchev–Trinajstić information content (AvgIpc) is 3.51. The summed E-state index contributed by atoms with van der Waals surface area (Å²) < 4.78 is 17.1. The molecule has 2 fully saturated rings. The maximum atomic E-state index is 14.1. The number of carboxylic acids is 1. The third kappa shape index (κ3) is 7.46. The number of fused-ring (bicyclic) bond motifs is 3. The van der Waals surface area contributed by atoms with Crippen molar-refractivity contribution in [3.63, 3.8) is 0 Å². The molecule has 2 aromatic rings. The number of aromatic nitrogens is 1. The van der Waals surface area contributed by atoms with Crippen molar-refractivity contribution in [2.24, 2.45) is 5.92 Å². The van der Waals surface area contributed by atoms with Crippen molar-refractivity contribution < 1.29 is 38.5 Å². The Kier molecular flexibility index (Phi) is 9.47. The Morgan fingerprint density at radius 1 is 1.22 bits per heavy atom. The fraction of sp³-hybridized carbons (Fsp3) is 0.531. The number of alkyl carbamates (subject to hydrolysis) is 1. The summed E-state index contributed by atoms with van der Waals surface area (Å²) in [7, 11) is 1.58. The number of benzene rings is 1. The summed E-state index contributed by atoms with van der Waals surface area (Å²) >= 11 is 1.52. The lowest BCUT2D eigenvalue weighted by molar-refractivity contribution is -0.145. The van der Waals surface area contributed by atoms with Gasteiger partial charge in [0.05, 0.1) is 13.7 Å². The molecule has 12 nitrogen and oxygen atoms in total. The molecule has 3 N–H and O–H groups in total. The number of thioether (sulfide) groups is 1. The quantitative estimate of drug-likeness (QED) is 0.413. The summed E-state index contributed by atoms with van der Waals surface area (Å²) in [5, 5.41) is 17.1. The Labute approximate surface area is 266 Å². The zero-order valence-electron chi connectivity index (χ0n) is 25.9. The Balaban J connectivity index is 1.44. The molecule has 0 radical (unpaired) electrons. The average molecular weight is 641 g/mol. The second-order valence-corrected chi connectivity index (χ2v) is 13.8. The van der Waals surface area contributed by atoms with Crippen LogP contribution in [-0.4, -0.2) is 93.4 Å². The van der Waals surface area contributed by atoms with Crippen LogP contribution in [0.15, 0.2) is 42.6 Å². The topological polar surface area (TPSA) is 156 Å². The third-order valence-corrected chi connectivity index (χ3v) is 9.25. The van der Waals surface area contributed by atoms with Crippen molar-refractivity contribution in [2.45, 2.75) is 75.8 Å². The highest BCUT2D eigenvalue weighted by atomic mass is 32.2. The van der Waals surface area contributed by atoms with Gasteiger partial charge < -0.3 is 34.9 Å². The molecule has 3 heterocycles. The van der Waals surface area contributed by atoms with Crippen molar-refractivity contribution in [1.82, 2.24) is 20.5 Å². The molecule has 1 saturated carbocycles. The number of carboxylic acid groups (broad SMARTS) is 1. The van der Waals surface area contributed by atoms with Crippen LogP contribution in [0.3, 0.4) is 0 Å². The third-order valence-electron chi connectivity index (χ3n) is 8.11. The Bertz CT molecular complexity index is 1490. The minimum Gasteiger partial charge on any atom is -0.497 e. The number of allylic oxidation sites excluding steroid dienone is 1. The van der Waals surface area contributed by atoms with Crippen LogP contribution < -0.4 is 20.1 Å². The van der Waals surface area contributed by atoms with Crippen LogP contribution in [0.2, 0.25) is 0 Å². The van der Waals surface area contributed by atoms with E-state index in [2.05, 4.69) is 15.6 Å². The fourth-order valence-corrected chi connectivity index (χ4v) is 6.74. The molecule has 5 rings (SSSR count). The van der Waals surface area contributed by atoms with Crippen LogP contribution in [0.5, 0.6) is 11.6 Å². The number of pyridine rings is 1. The van der Waals surface area contributed by atoms with Gasteiger partial charge in [0.2, 0.25) is 17.7 Å². The molecule has 13 heteroatoms. The molecule has 3 aliphatic rings.